The Morgan fingerprint density at radius 3 is 2.20 bits per heavy atom. The number of rotatable bonds is 4. The molecule has 0 aliphatic heterocycles. The predicted molar refractivity (Wildman–Crippen MR) is 72.3 cm³/mol. The minimum absolute atomic E-state index is 0.0539. The van der Waals surface area contributed by atoms with Gasteiger partial charge in [-0.1, -0.05) is 6.07 Å². The number of halogens is 4. The maximum atomic E-state index is 13.9. The maximum Gasteiger partial charge on any atom is 0.405 e. The van der Waals surface area contributed by atoms with E-state index in [0.29, 0.717) is 12.1 Å². The van der Waals surface area contributed by atoms with Crippen LogP contribution in [0, 0.1) is 5.82 Å². The SMILES string of the molecule is CN(CC(F)(F)F)c1ccc(CNC(C)(C)C)cc1F. The summed E-state index contributed by atoms with van der Waals surface area (Å²) >= 11 is 0. The van der Waals surface area contributed by atoms with E-state index in [9.17, 15) is 17.6 Å². The van der Waals surface area contributed by atoms with E-state index in [-0.39, 0.29) is 11.2 Å². The lowest BCUT2D eigenvalue weighted by molar-refractivity contribution is -0.119. The van der Waals surface area contributed by atoms with Gasteiger partial charge in [0, 0.05) is 19.1 Å². The Bertz CT molecular complexity index is 449. The Balaban J connectivity index is 2.78. The first kappa shape index (κ1) is 16.8. The van der Waals surface area contributed by atoms with Crippen molar-refractivity contribution in [1.82, 2.24) is 5.32 Å². The minimum Gasteiger partial charge on any atom is -0.363 e. The summed E-state index contributed by atoms with van der Waals surface area (Å²) in [7, 11) is 1.22. The normalized spacial score (nSPS) is 12.6. The van der Waals surface area contributed by atoms with Gasteiger partial charge in [-0.15, -0.1) is 0 Å². The highest BCUT2D eigenvalue weighted by molar-refractivity contribution is 5.48. The molecule has 1 N–H and O–H groups in total. The van der Waals surface area contributed by atoms with Gasteiger partial charge >= 0.3 is 6.18 Å². The van der Waals surface area contributed by atoms with Gasteiger partial charge < -0.3 is 10.2 Å². The van der Waals surface area contributed by atoms with Crippen LogP contribution >= 0.6 is 0 Å². The van der Waals surface area contributed by atoms with Crippen LogP contribution in [0.25, 0.3) is 0 Å². The second-order valence-corrected chi connectivity index (χ2v) is 5.86. The zero-order chi connectivity index (χ0) is 15.6. The molecule has 0 saturated heterocycles. The largest absolute Gasteiger partial charge is 0.405 e. The fraction of sp³-hybridized carbons (Fsp3) is 0.571. The second kappa shape index (κ2) is 5.99. The second-order valence-electron chi connectivity index (χ2n) is 5.86. The number of nitrogens with one attached hydrogen (secondary N) is 1. The first-order chi connectivity index (χ1) is 8.98. The lowest BCUT2D eigenvalue weighted by Crippen LogP contribution is -2.35. The number of nitrogens with zero attached hydrogens (tertiary/aromatic N) is 1. The number of benzene rings is 1. The Morgan fingerprint density at radius 1 is 1.15 bits per heavy atom. The third-order valence-corrected chi connectivity index (χ3v) is 2.66. The summed E-state index contributed by atoms with van der Waals surface area (Å²) in [6.07, 6.45) is -4.35. The molecule has 0 amide bonds. The smallest absolute Gasteiger partial charge is 0.363 e. The maximum absolute atomic E-state index is 13.9. The topological polar surface area (TPSA) is 15.3 Å². The number of hydrogen-bond donors (Lipinski definition) is 1. The lowest BCUT2D eigenvalue weighted by atomic mass is 10.1. The fourth-order valence-corrected chi connectivity index (χ4v) is 1.69. The molecule has 1 rings (SSSR count). The van der Waals surface area contributed by atoms with Gasteiger partial charge in [0.15, 0.2) is 0 Å². The van der Waals surface area contributed by atoms with E-state index in [4.69, 9.17) is 0 Å². The Hall–Kier alpha value is -1.30. The molecule has 0 fully saturated rings. The van der Waals surface area contributed by atoms with Crippen molar-refractivity contribution >= 4 is 5.69 Å². The molecule has 0 unspecified atom stereocenters. The van der Waals surface area contributed by atoms with Gasteiger partial charge in [0.05, 0.1) is 5.69 Å². The zero-order valence-corrected chi connectivity index (χ0v) is 12.1. The number of anilines is 1. The van der Waals surface area contributed by atoms with Crippen molar-refractivity contribution in [2.45, 2.75) is 39.0 Å². The van der Waals surface area contributed by atoms with Crippen LogP contribution in [0.1, 0.15) is 26.3 Å². The summed E-state index contributed by atoms with van der Waals surface area (Å²) in [5.74, 6) is -0.648. The molecule has 2 nitrogen and oxygen atoms in total. The van der Waals surface area contributed by atoms with E-state index in [1.165, 1.54) is 19.2 Å². The summed E-state index contributed by atoms with van der Waals surface area (Å²) < 4.78 is 50.7. The van der Waals surface area contributed by atoms with E-state index in [2.05, 4.69) is 5.32 Å². The minimum atomic E-state index is -4.35. The van der Waals surface area contributed by atoms with E-state index >= 15 is 0 Å². The van der Waals surface area contributed by atoms with Crippen molar-refractivity contribution in [3.63, 3.8) is 0 Å². The van der Waals surface area contributed by atoms with Crippen LogP contribution in [0.2, 0.25) is 0 Å². The Morgan fingerprint density at radius 2 is 1.75 bits per heavy atom. The van der Waals surface area contributed by atoms with Crippen LogP contribution in [0.15, 0.2) is 18.2 Å². The monoisotopic (exact) mass is 292 g/mol. The molecule has 0 aliphatic carbocycles. The summed E-state index contributed by atoms with van der Waals surface area (Å²) in [5, 5.41) is 3.19. The zero-order valence-electron chi connectivity index (χ0n) is 12.1. The average Bonchev–Trinajstić information content (AvgIpc) is 2.22. The van der Waals surface area contributed by atoms with Gasteiger partial charge in [-0.05, 0) is 38.5 Å². The molecular formula is C14H20F4N2. The summed E-state index contributed by atoms with van der Waals surface area (Å²) in [6, 6.07) is 4.27. The molecule has 0 bridgehead atoms. The van der Waals surface area contributed by atoms with Crippen LogP contribution in [0.3, 0.4) is 0 Å². The third-order valence-electron chi connectivity index (χ3n) is 2.66. The molecule has 0 saturated carbocycles. The highest BCUT2D eigenvalue weighted by atomic mass is 19.4. The molecule has 0 atom stereocenters. The van der Waals surface area contributed by atoms with Crippen molar-refractivity contribution in [1.29, 1.82) is 0 Å². The first-order valence-electron chi connectivity index (χ1n) is 6.29. The van der Waals surface area contributed by atoms with Gasteiger partial charge in [-0.25, -0.2) is 4.39 Å². The standard InChI is InChI=1S/C14H20F4N2/c1-13(2,3)19-8-10-5-6-12(11(15)7-10)20(4)9-14(16,17)18/h5-7,19H,8-9H2,1-4H3. The third kappa shape index (κ3) is 5.77. The van der Waals surface area contributed by atoms with E-state index in [1.807, 2.05) is 20.8 Å². The van der Waals surface area contributed by atoms with Crippen LogP contribution in [0.4, 0.5) is 23.2 Å². The molecule has 6 heteroatoms. The first-order valence-corrected chi connectivity index (χ1v) is 6.29. The lowest BCUT2D eigenvalue weighted by Gasteiger charge is -2.23. The van der Waals surface area contributed by atoms with Crippen molar-refractivity contribution in [3.05, 3.63) is 29.6 Å². The van der Waals surface area contributed by atoms with Gasteiger partial charge in [-0.2, -0.15) is 13.2 Å². The summed E-state index contributed by atoms with van der Waals surface area (Å²) in [4.78, 5) is 0.857. The number of alkyl halides is 3. The molecule has 1 aromatic rings. The molecular weight excluding hydrogens is 272 g/mol. The van der Waals surface area contributed by atoms with Crippen molar-refractivity contribution < 1.29 is 17.6 Å². The van der Waals surface area contributed by atoms with E-state index < -0.39 is 18.5 Å². The molecule has 0 heterocycles. The quantitative estimate of drug-likeness (QED) is 0.851. The number of hydrogen-bond acceptors (Lipinski definition) is 2. The molecule has 0 radical (unpaired) electrons. The highest BCUT2D eigenvalue weighted by Gasteiger charge is 2.30. The van der Waals surface area contributed by atoms with Crippen LogP contribution in [-0.2, 0) is 6.54 Å². The molecule has 0 aromatic heterocycles. The molecule has 20 heavy (non-hydrogen) atoms. The predicted octanol–water partition coefficient (Wildman–Crippen LogP) is 3.71. The highest BCUT2D eigenvalue weighted by Crippen LogP contribution is 2.24. The molecule has 0 spiro atoms. The summed E-state index contributed by atoms with van der Waals surface area (Å²) in [6.45, 7) is 5.23. The van der Waals surface area contributed by atoms with Gasteiger partial charge in [0.2, 0.25) is 0 Å². The van der Waals surface area contributed by atoms with Gasteiger partial charge in [-0.3, -0.25) is 0 Å². The summed E-state index contributed by atoms with van der Waals surface area (Å²) in [5.41, 5.74) is 0.533. The average molecular weight is 292 g/mol. The van der Waals surface area contributed by atoms with Crippen molar-refractivity contribution in [2.24, 2.45) is 0 Å². The van der Waals surface area contributed by atoms with Gasteiger partial charge in [0.1, 0.15) is 12.4 Å². The Kier molecular flexibility index (Phi) is 5.02. The molecule has 0 aliphatic rings. The molecule has 1 aromatic carbocycles. The Labute approximate surface area is 116 Å². The van der Waals surface area contributed by atoms with Crippen molar-refractivity contribution in [3.8, 4) is 0 Å². The fourth-order valence-electron chi connectivity index (χ4n) is 1.69. The van der Waals surface area contributed by atoms with Crippen LogP contribution < -0.4 is 10.2 Å². The van der Waals surface area contributed by atoms with Crippen LogP contribution in [-0.4, -0.2) is 25.3 Å². The van der Waals surface area contributed by atoms with E-state index in [1.54, 1.807) is 6.07 Å². The van der Waals surface area contributed by atoms with Gasteiger partial charge in [0.25, 0.3) is 0 Å². The van der Waals surface area contributed by atoms with Crippen LogP contribution in [0.5, 0.6) is 0 Å². The molecule has 114 valence electrons. The van der Waals surface area contributed by atoms with Crippen molar-refractivity contribution in [2.75, 3.05) is 18.5 Å². The van der Waals surface area contributed by atoms with E-state index in [0.717, 1.165) is 4.90 Å².